The zero-order valence-electron chi connectivity index (χ0n) is 10.8. The van der Waals surface area contributed by atoms with Gasteiger partial charge in [0, 0.05) is 17.3 Å². The molecule has 0 radical (unpaired) electrons. The molecular weight excluding hydrogens is 311 g/mol. The maximum atomic E-state index is 12.1. The maximum Gasteiger partial charge on any atom is 0.387 e. The van der Waals surface area contributed by atoms with Gasteiger partial charge in [-0.05, 0) is 24.6 Å². The number of benzene rings is 1. The van der Waals surface area contributed by atoms with E-state index in [-0.39, 0.29) is 23.1 Å². The molecule has 0 atom stereocenters. The molecule has 1 rings (SSSR count). The lowest BCUT2D eigenvalue weighted by molar-refractivity contribution is -0.0498. The summed E-state index contributed by atoms with van der Waals surface area (Å²) < 4.78 is 28.5. The number of halogens is 4. The summed E-state index contributed by atoms with van der Waals surface area (Å²) in [6.07, 6.45) is 0.555. The number of rotatable bonds is 7. The molecule has 0 fully saturated rings. The van der Waals surface area contributed by atoms with Crippen molar-refractivity contribution in [2.75, 3.05) is 11.8 Å². The van der Waals surface area contributed by atoms with Gasteiger partial charge < -0.3 is 10.1 Å². The fourth-order valence-corrected chi connectivity index (χ4v) is 2.30. The van der Waals surface area contributed by atoms with Crippen molar-refractivity contribution in [3.05, 3.63) is 29.8 Å². The van der Waals surface area contributed by atoms with Crippen LogP contribution < -0.4 is 10.1 Å². The van der Waals surface area contributed by atoms with Gasteiger partial charge in [-0.2, -0.15) is 8.78 Å². The number of nitrogens with one attached hydrogen (secondary N) is 1. The molecule has 1 N–H and O–H groups in total. The molecule has 1 aromatic rings. The Morgan fingerprint density at radius 1 is 1.40 bits per heavy atom. The molecule has 0 saturated heterocycles. The Hall–Kier alpha value is -1.07. The molecule has 20 heavy (non-hydrogen) atoms. The van der Waals surface area contributed by atoms with E-state index < -0.39 is 18.1 Å². The summed E-state index contributed by atoms with van der Waals surface area (Å²) in [5.74, 6) is -0.197. The molecule has 0 spiro atoms. The van der Waals surface area contributed by atoms with Crippen LogP contribution in [0.25, 0.3) is 0 Å². The average molecular weight is 326 g/mol. The summed E-state index contributed by atoms with van der Waals surface area (Å²) in [7, 11) is 0. The molecule has 0 aliphatic heterocycles. The van der Waals surface area contributed by atoms with E-state index in [0.717, 1.165) is 0 Å². The zero-order valence-corrected chi connectivity index (χ0v) is 12.3. The van der Waals surface area contributed by atoms with Crippen molar-refractivity contribution in [2.24, 2.45) is 0 Å². The monoisotopic (exact) mass is 325 g/mol. The maximum absolute atomic E-state index is 12.1. The number of ether oxygens (including phenoxy) is 1. The van der Waals surface area contributed by atoms with Gasteiger partial charge in [0.25, 0.3) is 5.91 Å². The second-order valence-electron chi connectivity index (χ2n) is 4.26. The third-order valence-corrected chi connectivity index (χ3v) is 3.91. The number of carbonyl (C=O) groups is 1. The summed E-state index contributed by atoms with van der Waals surface area (Å²) in [5.41, 5.74) is -0.518. The Kier molecular flexibility index (Phi) is 6.49. The summed E-state index contributed by atoms with van der Waals surface area (Å²) in [6.45, 7) is -1.09. The van der Waals surface area contributed by atoms with E-state index in [4.69, 9.17) is 23.2 Å². The van der Waals surface area contributed by atoms with Gasteiger partial charge in [-0.3, -0.25) is 4.79 Å². The Bertz CT molecular complexity index is 445. The minimum absolute atomic E-state index is 0.0773. The van der Waals surface area contributed by atoms with E-state index in [9.17, 15) is 13.6 Å². The Morgan fingerprint density at radius 2 is 2.05 bits per heavy atom. The first-order valence-corrected chi connectivity index (χ1v) is 7.02. The molecule has 1 amide bonds. The normalized spacial score (nSPS) is 11.5. The van der Waals surface area contributed by atoms with Gasteiger partial charge in [-0.1, -0.05) is 13.0 Å². The molecular formula is C13H15Cl2F2NO2. The lowest BCUT2D eigenvalue weighted by Crippen LogP contribution is -2.51. The predicted octanol–water partition coefficient (Wildman–Crippen LogP) is 3.64. The van der Waals surface area contributed by atoms with Crippen LogP contribution in [0.4, 0.5) is 8.78 Å². The lowest BCUT2D eigenvalue weighted by Gasteiger charge is -2.29. The topological polar surface area (TPSA) is 38.3 Å². The molecule has 0 unspecified atom stereocenters. The smallest absolute Gasteiger partial charge is 0.387 e. The van der Waals surface area contributed by atoms with E-state index in [0.29, 0.717) is 6.42 Å². The van der Waals surface area contributed by atoms with E-state index >= 15 is 0 Å². The summed E-state index contributed by atoms with van der Waals surface area (Å²) in [6, 6.07) is 5.54. The van der Waals surface area contributed by atoms with Crippen molar-refractivity contribution in [1.29, 1.82) is 0 Å². The second-order valence-corrected chi connectivity index (χ2v) is 4.80. The van der Waals surface area contributed by atoms with Gasteiger partial charge in [0.05, 0.1) is 5.54 Å². The second kappa shape index (κ2) is 7.64. The Balaban J connectivity index is 2.86. The molecule has 0 aromatic heterocycles. The lowest BCUT2D eigenvalue weighted by atomic mass is 10.0. The van der Waals surface area contributed by atoms with Crippen molar-refractivity contribution >= 4 is 29.1 Å². The van der Waals surface area contributed by atoms with Crippen LogP contribution in [0, 0.1) is 0 Å². The van der Waals surface area contributed by atoms with Crippen LogP contribution in [0.3, 0.4) is 0 Å². The van der Waals surface area contributed by atoms with Gasteiger partial charge >= 0.3 is 6.61 Å². The van der Waals surface area contributed by atoms with Gasteiger partial charge in [0.1, 0.15) is 5.75 Å². The van der Waals surface area contributed by atoms with Crippen LogP contribution in [0.5, 0.6) is 5.75 Å². The number of amides is 1. The highest BCUT2D eigenvalue weighted by atomic mass is 35.5. The van der Waals surface area contributed by atoms with Crippen LogP contribution in [-0.2, 0) is 0 Å². The van der Waals surface area contributed by atoms with Crippen molar-refractivity contribution in [2.45, 2.75) is 25.5 Å². The molecule has 3 nitrogen and oxygen atoms in total. The standard InChI is InChI=1S/C13H15Cl2F2NO2/c1-2-13(7-14,8-15)18-11(19)9-4-3-5-10(6-9)20-12(16)17/h3-6,12H,2,7-8H2,1H3,(H,18,19). The molecule has 1 aromatic carbocycles. The van der Waals surface area contributed by atoms with Crippen molar-refractivity contribution in [3.63, 3.8) is 0 Å². The highest BCUT2D eigenvalue weighted by molar-refractivity contribution is 6.22. The van der Waals surface area contributed by atoms with Crippen LogP contribution >= 0.6 is 23.2 Å². The zero-order chi connectivity index (χ0) is 15.2. The molecule has 0 heterocycles. The van der Waals surface area contributed by atoms with E-state index in [1.807, 2.05) is 6.92 Å². The molecule has 7 heteroatoms. The average Bonchev–Trinajstić information content (AvgIpc) is 2.44. The highest BCUT2D eigenvalue weighted by Crippen LogP contribution is 2.19. The fraction of sp³-hybridized carbons (Fsp3) is 0.462. The van der Waals surface area contributed by atoms with Gasteiger partial charge in [-0.25, -0.2) is 0 Å². The SMILES string of the molecule is CCC(CCl)(CCl)NC(=O)c1cccc(OC(F)F)c1. The summed E-state index contributed by atoms with van der Waals surface area (Å²) in [4.78, 5) is 12.1. The first-order valence-electron chi connectivity index (χ1n) is 5.95. The van der Waals surface area contributed by atoms with Gasteiger partial charge in [-0.15, -0.1) is 23.2 Å². The first-order chi connectivity index (χ1) is 9.46. The van der Waals surface area contributed by atoms with Crippen LogP contribution in [0.2, 0.25) is 0 Å². The van der Waals surface area contributed by atoms with Crippen LogP contribution in [0.15, 0.2) is 24.3 Å². The van der Waals surface area contributed by atoms with Crippen molar-refractivity contribution in [1.82, 2.24) is 5.32 Å². The van der Waals surface area contributed by atoms with Crippen molar-refractivity contribution < 1.29 is 18.3 Å². The van der Waals surface area contributed by atoms with Crippen LogP contribution in [-0.4, -0.2) is 29.8 Å². The van der Waals surface area contributed by atoms with E-state index in [1.165, 1.54) is 24.3 Å². The van der Waals surface area contributed by atoms with Crippen LogP contribution in [0.1, 0.15) is 23.7 Å². The third-order valence-electron chi connectivity index (χ3n) is 2.89. The number of hydrogen-bond acceptors (Lipinski definition) is 2. The van der Waals surface area contributed by atoms with E-state index in [1.54, 1.807) is 0 Å². The molecule has 0 aliphatic rings. The molecule has 0 saturated carbocycles. The number of carbonyl (C=O) groups excluding carboxylic acids is 1. The highest BCUT2D eigenvalue weighted by Gasteiger charge is 2.28. The number of hydrogen-bond donors (Lipinski definition) is 1. The Labute approximate surface area is 126 Å². The Morgan fingerprint density at radius 3 is 2.55 bits per heavy atom. The minimum atomic E-state index is -2.94. The first kappa shape index (κ1) is 17.0. The fourth-order valence-electron chi connectivity index (χ4n) is 1.51. The molecule has 0 aliphatic carbocycles. The molecule has 112 valence electrons. The van der Waals surface area contributed by atoms with E-state index in [2.05, 4.69) is 10.1 Å². The summed E-state index contributed by atoms with van der Waals surface area (Å²) in [5, 5.41) is 2.73. The largest absolute Gasteiger partial charge is 0.435 e. The third kappa shape index (κ3) is 4.49. The van der Waals surface area contributed by atoms with Crippen molar-refractivity contribution in [3.8, 4) is 5.75 Å². The van der Waals surface area contributed by atoms with Gasteiger partial charge in [0.2, 0.25) is 0 Å². The minimum Gasteiger partial charge on any atom is -0.435 e. The molecule has 0 bridgehead atoms. The number of alkyl halides is 4. The van der Waals surface area contributed by atoms with Gasteiger partial charge in [0.15, 0.2) is 0 Å². The predicted molar refractivity (Wildman–Crippen MR) is 75.0 cm³/mol. The quantitative estimate of drug-likeness (QED) is 0.777. The summed E-state index contributed by atoms with van der Waals surface area (Å²) >= 11 is 11.7.